The van der Waals surface area contributed by atoms with Crippen LogP contribution in [0.4, 0.5) is 4.79 Å². The second-order valence-corrected chi connectivity index (χ2v) is 9.09. The number of nitrogens with one attached hydrogen (secondary N) is 2. The highest BCUT2D eigenvalue weighted by molar-refractivity contribution is 7.86. The second kappa shape index (κ2) is 13.3. The molecule has 30 heavy (non-hydrogen) atoms. The summed E-state index contributed by atoms with van der Waals surface area (Å²) in [7, 11) is -8.27. The molecular formula is C13H26N4O11S2. The van der Waals surface area contributed by atoms with E-state index in [0.717, 1.165) is 0 Å². The fourth-order valence-electron chi connectivity index (χ4n) is 1.70. The molecular weight excluding hydrogens is 452 g/mol. The highest BCUT2D eigenvalue weighted by atomic mass is 32.2. The first-order valence-electron chi connectivity index (χ1n) is 8.47. The lowest BCUT2D eigenvalue weighted by Crippen LogP contribution is -2.45. The standard InChI is InChI=1S/C13H26N4O11S2/c14-9(11(18)16-3-1-5-29(21,22)23)7-27-13(20)28-8-10(15)12(19)17-4-2-6-30(24,25)26/h9-10H,1-8,14-15H2,(H,16,18)(H,17,19)(H,21,22,23)(H,24,25,26). The van der Waals surface area contributed by atoms with Crippen molar-refractivity contribution in [2.45, 2.75) is 24.9 Å². The maximum atomic E-state index is 11.6. The van der Waals surface area contributed by atoms with E-state index < -0.39 is 75.0 Å². The van der Waals surface area contributed by atoms with E-state index in [9.17, 15) is 31.2 Å². The SMILES string of the molecule is NC(COC(=O)OCC(N)C(=O)NCCCS(=O)(=O)O)C(=O)NCCCS(=O)(=O)O. The van der Waals surface area contributed by atoms with Gasteiger partial charge in [0, 0.05) is 13.1 Å². The predicted octanol–water partition coefficient (Wildman–Crippen LogP) is -3.42. The summed E-state index contributed by atoms with van der Waals surface area (Å²) in [6.45, 7) is -1.30. The minimum absolute atomic E-state index is 0.0457. The molecule has 0 aliphatic heterocycles. The molecule has 0 aromatic heterocycles. The average Bonchev–Trinajstić information content (AvgIpc) is 2.62. The Hall–Kier alpha value is -2.05. The van der Waals surface area contributed by atoms with Crippen LogP contribution in [0.2, 0.25) is 0 Å². The van der Waals surface area contributed by atoms with E-state index in [1.807, 2.05) is 0 Å². The third kappa shape index (κ3) is 15.8. The zero-order chi connectivity index (χ0) is 23.4. The number of ether oxygens (including phenoxy) is 2. The lowest BCUT2D eigenvalue weighted by molar-refractivity contribution is -0.123. The topological polar surface area (TPSA) is 255 Å². The number of hydrogen-bond donors (Lipinski definition) is 6. The third-order valence-corrected chi connectivity index (χ3v) is 4.80. The average molecular weight is 479 g/mol. The maximum absolute atomic E-state index is 11.6. The molecule has 0 heterocycles. The smallest absolute Gasteiger partial charge is 0.432 e. The summed E-state index contributed by atoms with van der Waals surface area (Å²) in [5, 5.41) is 4.56. The van der Waals surface area contributed by atoms with Crippen LogP contribution in [-0.4, -0.2) is 93.8 Å². The Morgan fingerprint density at radius 1 is 0.767 bits per heavy atom. The molecule has 0 rings (SSSR count). The fourth-order valence-corrected chi connectivity index (χ4v) is 2.72. The summed E-state index contributed by atoms with van der Waals surface area (Å²) >= 11 is 0. The lowest BCUT2D eigenvalue weighted by Gasteiger charge is -2.14. The maximum Gasteiger partial charge on any atom is 0.508 e. The van der Waals surface area contributed by atoms with Gasteiger partial charge in [-0.15, -0.1) is 0 Å². The van der Waals surface area contributed by atoms with E-state index in [1.54, 1.807) is 0 Å². The fraction of sp³-hybridized carbons (Fsp3) is 0.769. The lowest BCUT2D eigenvalue weighted by atomic mass is 10.3. The van der Waals surface area contributed by atoms with Crippen LogP contribution in [0.3, 0.4) is 0 Å². The van der Waals surface area contributed by atoms with Crippen molar-refractivity contribution in [3.05, 3.63) is 0 Å². The number of carbonyl (C=O) groups excluding carboxylic acids is 3. The van der Waals surface area contributed by atoms with Crippen LogP contribution < -0.4 is 22.1 Å². The first-order valence-corrected chi connectivity index (χ1v) is 11.7. The van der Waals surface area contributed by atoms with Gasteiger partial charge in [-0.1, -0.05) is 0 Å². The molecule has 2 atom stereocenters. The van der Waals surface area contributed by atoms with Crippen molar-refractivity contribution in [1.82, 2.24) is 10.6 Å². The van der Waals surface area contributed by atoms with E-state index in [2.05, 4.69) is 20.1 Å². The molecule has 2 amide bonds. The Labute approximate surface area is 173 Å². The van der Waals surface area contributed by atoms with Crippen LogP contribution in [0.1, 0.15) is 12.8 Å². The van der Waals surface area contributed by atoms with Crippen molar-refractivity contribution >= 4 is 38.2 Å². The highest BCUT2D eigenvalue weighted by Crippen LogP contribution is 1.93. The van der Waals surface area contributed by atoms with E-state index in [-0.39, 0.29) is 25.9 Å². The number of hydrogen-bond acceptors (Lipinski definition) is 11. The monoisotopic (exact) mass is 478 g/mol. The number of rotatable bonds is 14. The molecule has 8 N–H and O–H groups in total. The summed E-state index contributed by atoms with van der Waals surface area (Å²) in [6.07, 6.45) is -1.34. The van der Waals surface area contributed by atoms with Gasteiger partial charge in [0.05, 0.1) is 11.5 Å². The summed E-state index contributed by atoms with van der Waals surface area (Å²) < 4.78 is 68.3. The number of carbonyl (C=O) groups is 3. The summed E-state index contributed by atoms with van der Waals surface area (Å²) in [5.41, 5.74) is 10.9. The summed E-state index contributed by atoms with van der Waals surface area (Å²) in [5.74, 6) is -2.56. The van der Waals surface area contributed by atoms with Gasteiger partial charge in [0.25, 0.3) is 20.2 Å². The van der Waals surface area contributed by atoms with Gasteiger partial charge in [-0.25, -0.2) is 4.79 Å². The molecule has 0 aromatic carbocycles. The number of amides is 2. The Bertz CT molecular complexity index is 721. The molecule has 0 bridgehead atoms. The van der Waals surface area contributed by atoms with Gasteiger partial charge in [0.15, 0.2) is 0 Å². The van der Waals surface area contributed by atoms with Crippen LogP contribution in [0.5, 0.6) is 0 Å². The minimum atomic E-state index is -4.14. The van der Waals surface area contributed by atoms with E-state index in [1.165, 1.54) is 0 Å². The Morgan fingerprint density at radius 3 is 1.40 bits per heavy atom. The Morgan fingerprint density at radius 2 is 1.10 bits per heavy atom. The number of nitrogens with two attached hydrogens (primary N) is 2. The second-order valence-electron chi connectivity index (χ2n) is 5.95. The van der Waals surface area contributed by atoms with Crippen molar-refractivity contribution in [1.29, 1.82) is 0 Å². The quantitative estimate of drug-likeness (QED) is 0.0808. The minimum Gasteiger partial charge on any atom is -0.432 e. The molecule has 0 saturated heterocycles. The van der Waals surface area contributed by atoms with E-state index in [4.69, 9.17) is 20.6 Å². The van der Waals surface area contributed by atoms with Gasteiger partial charge >= 0.3 is 6.16 Å². The van der Waals surface area contributed by atoms with Gasteiger partial charge in [0.2, 0.25) is 11.8 Å². The van der Waals surface area contributed by atoms with Crippen molar-refractivity contribution in [3.8, 4) is 0 Å². The molecule has 0 aliphatic rings. The molecule has 0 spiro atoms. The normalized spacial score (nSPS) is 13.7. The van der Waals surface area contributed by atoms with Gasteiger partial charge in [-0.2, -0.15) is 16.8 Å². The van der Waals surface area contributed by atoms with E-state index in [0.29, 0.717) is 0 Å². The molecule has 176 valence electrons. The molecule has 0 aromatic rings. The zero-order valence-corrected chi connectivity index (χ0v) is 17.5. The van der Waals surface area contributed by atoms with Crippen LogP contribution >= 0.6 is 0 Å². The molecule has 2 unspecified atom stereocenters. The first-order chi connectivity index (χ1) is 13.7. The van der Waals surface area contributed by atoms with Crippen molar-refractivity contribution in [2.75, 3.05) is 37.8 Å². The summed E-state index contributed by atoms with van der Waals surface area (Å²) in [6, 6.07) is -2.55. The molecule has 0 fully saturated rings. The third-order valence-electron chi connectivity index (χ3n) is 3.19. The Balaban J connectivity index is 4.00. The molecule has 0 saturated carbocycles. The van der Waals surface area contributed by atoms with Crippen molar-refractivity contribution in [3.63, 3.8) is 0 Å². The molecule has 0 radical (unpaired) electrons. The van der Waals surface area contributed by atoms with Gasteiger partial charge in [-0.05, 0) is 12.8 Å². The van der Waals surface area contributed by atoms with Crippen LogP contribution in [0.25, 0.3) is 0 Å². The van der Waals surface area contributed by atoms with Crippen molar-refractivity contribution in [2.24, 2.45) is 11.5 Å². The van der Waals surface area contributed by atoms with Gasteiger partial charge in [0.1, 0.15) is 25.3 Å². The molecule has 15 nitrogen and oxygen atoms in total. The highest BCUT2D eigenvalue weighted by Gasteiger charge is 2.19. The van der Waals surface area contributed by atoms with Crippen molar-refractivity contribution < 1.29 is 49.8 Å². The van der Waals surface area contributed by atoms with Crippen LogP contribution in [0.15, 0.2) is 0 Å². The zero-order valence-electron chi connectivity index (χ0n) is 15.9. The van der Waals surface area contributed by atoms with Crippen LogP contribution in [0, 0.1) is 0 Å². The summed E-state index contributed by atoms with van der Waals surface area (Å²) in [4.78, 5) is 34.7. The largest absolute Gasteiger partial charge is 0.508 e. The molecule has 0 aliphatic carbocycles. The van der Waals surface area contributed by atoms with Gasteiger partial charge < -0.3 is 31.6 Å². The molecule has 17 heteroatoms. The predicted molar refractivity (Wildman–Crippen MR) is 101 cm³/mol. The Kier molecular flexibility index (Phi) is 12.4. The van der Waals surface area contributed by atoms with E-state index >= 15 is 0 Å². The van der Waals surface area contributed by atoms with Gasteiger partial charge in [-0.3, -0.25) is 18.7 Å². The van der Waals surface area contributed by atoms with Crippen LogP contribution in [-0.2, 0) is 39.3 Å². The first kappa shape index (κ1) is 27.9.